The second-order valence-corrected chi connectivity index (χ2v) is 8.30. The molecular formula is C28H26N2O2. The molecule has 0 spiro atoms. The number of nitrogens with zero attached hydrogens (tertiary/aromatic N) is 1. The lowest BCUT2D eigenvalue weighted by Crippen LogP contribution is -2.12. The summed E-state index contributed by atoms with van der Waals surface area (Å²) in [6.45, 7) is 6.84. The molecule has 0 fully saturated rings. The average Bonchev–Trinajstić information content (AvgIpc) is 3.30. The van der Waals surface area contributed by atoms with Crippen LogP contribution in [0.15, 0.2) is 66.7 Å². The van der Waals surface area contributed by atoms with Gasteiger partial charge in [0.15, 0.2) is 0 Å². The van der Waals surface area contributed by atoms with E-state index >= 15 is 0 Å². The van der Waals surface area contributed by atoms with Crippen LogP contribution in [0.3, 0.4) is 0 Å². The first-order valence-corrected chi connectivity index (χ1v) is 11.0. The Morgan fingerprint density at radius 3 is 2.31 bits per heavy atom. The number of hydrogen-bond acceptors (Lipinski definition) is 2. The van der Waals surface area contributed by atoms with Gasteiger partial charge in [0.25, 0.3) is 5.91 Å². The first-order valence-electron chi connectivity index (χ1n) is 11.0. The average molecular weight is 423 g/mol. The molecule has 4 nitrogen and oxygen atoms in total. The Labute approximate surface area is 187 Å². The predicted octanol–water partition coefficient (Wildman–Crippen LogP) is 6.05. The molecule has 2 aromatic carbocycles. The van der Waals surface area contributed by atoms with E-state index in [4.69, 9.17) is 10.5 Å². The van der Waals surface area contributed by atoms with Crippen molar-refractivity contribution in [1.82, 2.24) is 4.40 Å². The molecule has 0 aliphatic carbocycles. The van der Waals surface area contributed by atoms with Crippen LogP contribution in [0.2, 0.25) is 0 Å². The molecule has 3 heterocycles. The van der Waals surface area contributed by atoms with Gasteiger partial charge in [0.2, 0.25) is 0 Å². The van der Waals surface area contributed by atoms with Gasteiger partial charge < -0.3 is 14.9 Å². The normalized spacial score (nSPS) is 11.5. The Bertz CT molecular complexity index is 1430. The Hall–Kier alpha value is -3.79. The molecule has 5 rings (SSSR count). The van der Waals surface area contributed by atoms with Crippen LogP contribution in [0.4, 0.5) is 0 Å². The van der Waals surface area contributed by atoms with Crippen molar-refractivity contribution in [1.29, 1.82) is 0 Å². The third-order valence-corrected chi connectivity index (χ3v) is 6.35. The molecule has 0 saturated heterocycles. The lowest BCUT2D eigenvalue weighted by molar-refractivity contribution is 0.100. The highest BCUT2D eigenvalue weighted by Crippen LogP contribution is 2.42. The Balaban J connectivity index is 1.63. The summed E-state index contributed by atoms with van der Waals surface area (Å²) in [6, 6.07) is 22.5. The summed E-state index contributed by atoms with van der Waals surface area (Å²) in [5.41, 5.74) is 16.4. The number of aryl methyl sites for hydroxylation is 3. The van der Waals surface area contributed by atoms with Crippen LogP contribution in [0.1, 0.15) is 39.5 Å². The number of pyridine rings is 1. The number of amides is 1. The minimum atomic E-state index is -0.384. The number of nitrogens with two attached hydrogens (primary N) is 1. The van der Waals surface area contributed by atoms with Gasteiger partial charge in [0.1, 0.15) is 12.4 Å². The monoisotopic (exact) mass is 422 g/mol. The molecule has 32 heavy (non-hydrogen) atoms. The van der Waals surface area contributed by atoms with Crippen LogP contribution in [0, 0.1) is 13.8 Å². The van der Waals surface area contributed by atoms with E-state index in [1.807, 2.05) is 43.3 Å². The van der Waals surface area contributed by atoms with Gasteiger partial charge in [0.05, 0.1) is 22.1 Å². The molecule has 0 aliphatic rings. The zero-order valence-corrected chi connectivity index (χ0v) is 18.6. The highest BCUT2D eigenvalue weighted by Gasteiger charge is 2.26. The second-order valence-electron chi connectivity index (χ2n) is 8.30. The van der Waals surface area contributed by atoms with Crippen molar-refractivity contribution in [2.45, 2.75) is 33.8 Å². The van der Waals surface area contributed by atoms with Crippen LogP contribution >= 0.6 is 0 Å². The largest absolute Gasteiger partial charge is 0.489 e. The Kier molecular flexibility index (Phi) is 4.86. The molecule has 0 unspecified atom stereocenters. The SMILES string of the molecule is CCc1c(-c2ccc(OCc3ccccc3)cc2)c2c(C)c(C(N)=O)c3ccc(C)c1n32. The van der Waals surface area contributed by atoms with Crippen molar-refractivity contribution in [2.75, 3.05) is 0 Å². The summed E-state index contributed by atoms with van der Waals surface area (Å²) in [7, 11) is 0. The fraction of sp³-hybridized carbons (Fsp3) is 0.179. The molecule has 4 heteroatoms. The van der Waals surface area contributed by atoms with E-state index in [0.717, 1.165) is 39.9 Å². The van der Waals surface area contributed by atoms with Crippen molar-refractivity contribution in [3.63, 3.8) is 0 Å². The summed E-state index contributed by atoms with van der Waals surface area (Å²) in [5, 5.41) is 0. The lowest BCUT2D eigenvalue weighted by Gasteiger charge is -2.09. The quantitative estimate of drug-likeness (QED) is 0.362. The number of benzene rings is 2. The van der Waals surface area contributed by atoms with Gasteiger partial charge in [0, 0.05) is 5.56 Å². The number of aromatic nitrogens is 1. The minimum Gasteiger partial charge on any atom is -0.489 e. The standard InChI is InChI=1S/C28H26N2O2/c1-4-22-25(20-11-13-21(14-12-20)32-16-19-8-6-5-7-9-19)27-18(3)24(28(29)31)23-15-10-17(2)26(22)30(23)27/h5-15H,4,16H2,1-3H3,(H2,29,31). The smallest absolute Gasteiger partial charge is 0.251 e. The van der Waals surface area contributed by atoms with E-state index in [0.29, 0.717) is 12.2 Å². The van der Waals surface area contributed by atoms with Crippen LogP contribution < -0.4 is 10.5 Å². The maximum absolute atomic E-state index is 12.3. The molecule has 2 N–H and O–H groups in total. The highest BCUT2D eigenvalue weighted by molar-refractivity contribution is 6.09. The maximum Gasteiger partial charge on any atom is 0.251 e. The number of ether oxygens (including phenoxy) is 1. The summed E-state index contributed by atoms with van der Waals surface area (Å²) < 4.78 is 8.20. The topological polar surface area (TPSA) is 56.7 Å². The summed E-state index contributed by atoms with van der Waals surface area (Å²) in [5.74, 6) is 0.447. The zero-order valence-electron chi connectivity index (χ0n) is 18.6. The highest BCUT2D eigenvalue weighted by atomic mass is 16.5. The number of hydrogen-bond donors (Lipinski definition) is 1. The van der Waals surface area contributed by atoms with E-state index < -0.39 is 0 Å². The van der Waals surface area contributed by atoms with E-state index in [2.05, 4.69) is 48.6 Å². The number of carbonyl (C=O) groups is 1. The summed E-state index contributed by atoms with van der Waals surface area (Å²) in [6.07, 6.45) is 0.897. The summed E-state index contributed by atoms with van der Waals surface area (Å²) in [4.78, 5) is 12.3. The molecule has 0 bridgehead atoms. The van der Waals surface area contributed by atoms with Crippen molar-refractivity contribution in [2.24, 2.45) is 5.73 Å². The van der Waals surface area contributed by atoms with Gasteiger partial charge in [-0.1, -0.05) is 55.5 Å². The van der Waals surface area contributed by atoms with Gasteiger partial charge >= 0.3 is 0 Å². The van der Waals surface area contributed by atoms with Crippen LogP contribution in [-0.4, -0.2) is 10.3 Å². The first-order chi connectivity index (χ1) is 15.5. The Morgan fingerprint density at radius 1 is 0.938 bits per heavy atom. The van der Waals surface area contributed by atoms with Crippen molar-refractivity contribution in [3.05, 3.63) is 94.5 Å². The maximum atomic E-state index is 12.3. The number of carbonyl (C=O) groups excluding carboxylic acids is 1. The molecule has 0 atom stereocenters. The number of rotatable bonds is 6. The fourth-order valence-electron chi connectivity index (χ4n) is 4.92. The molecule has 0 saturated carbocycles. The lowest BCUT2D eigenvalue weighted by atomic mass is 9.96. The summed E-state index contributed by atoms with van der Waals surface area (Å²) >= 11 is 0. The van der Waals surface area contributed by atoms with Crippen molar-refractivity contribution >= 4 is 22.5 Å². The fourth-order valence-corrected chi connectivity index (χ4v) is 4.92. The number of primary amides is 1. The molecule has 0 aliphatic heterocycles. The molecule has 1 amide bonds. The van der Waals surface area contributed by atoms with E-state index in [-0.39, 0.29) is 5.91 Å². The van der Waals surface area contributed by atoms with Crippen LogP contribution in [-0.2, 0) is 13.0 Å². The first kappa shape index (κ1) is 20.1. The van der Waals surface area contributed by atoms with Gasteiger partial charge in [-0.15, -0.1) is 0 Å². The van der Waals surface area contributed by atoms with Crippen LogP contribution in [0.25, 0.3) is 27.7 Å². The minimum absolute atomic E-state index is 0.384. The third kappa shape index (κ3) is 3.02. The van der Waals surface area contributed by atoms with Gasteiger partial charge in [-0.05, 0) is 66.3 Å². The molecule has 0 radical (unpaired) electrons. The zero-order chi connectivity index (χ0) is 22.4. The van der Waals surface area contributed by atoms with Crippen molar-refractivity contribution < 1.29 is 9.53 Å². The molecule has 5 aromatic rings. The van der Waals surface area contributed by atoms with Gasteiger partial charge in [-0.25, -0.2) is 0 Å². The second kappa shape index (κ2) is 7.72. The Morgan fingerprint density at radius 2 is 1.66 bits per heavy atom. The molecular weight excluding hydrogens is 396 g/mol. The van der Waals surface area contributed by atoms with E-state index in [9.17, 15) is 4.79 Å². The van der Waals surface area contributed by atoms with Crippen molar-refractivity contribution in [3.8, 4) is 16.9 Å². The van der Waals surface area contributed by atoms with Gasteiger partial charge in [-0.2, -0.15) is 0 Å². The third-order valence-electron chi connectivity index (χ3n) is 6.35. The van der Waals surface area contributed by atoms with Crippen LogP contribution in [0.5, 0.6) is 5.75 Å². The molecule has 160 valence electrons. The predicted molar refractivity (Wildman–Crippen MR) is 130 cm³/mol. The van der Waals surface area contributed by atoms with Gasteiger partial charge in [-0.3, -0.25) is 4.79 Å². The van der Waals surface area contributed by atoms with E-state index in [1.54, 1.807) is 0 Å². The van der Waals surface area contributed by atoms with E-state index in [1.165, 1.54) is 22.2 Å². The molecule has 3 aromatic heterocycles.